The normalized spacial score (nSPS) is 10.1. The van der Waals surface area contributed by atoms with Crippen LogP contribution >= 0.6 is 0 Å². The van der Waals surface area contributed by atoms with Gasteiger partial charge in [0.25, 0.3) is 0 Å². The van der Waals surface area contributed by atoms with E-state index in [0.29, 0.717) is 12.4 Å². The average molecular weight is 195 g/mol. The maximum atomic E-state index is 8.89. The summed E-state index contributed by atoms with van der Waals surface area (Å²) in [4.78, 5) is 6.23. The van der Waals surface area contributed by atoms with Crippen LogP contribution in [-0.4, -0.2) is 29.8 Å². The number of anilines is 2. The second-order valence-electron chi connectivity index (χ2n) is 3.13. The zero-order valence-electron chi connectivity index (χ0n) is 8.48. The molecule has 4 heteroatoms. The van der Waals surface area contributed by atoms with E-state index in [2.05, 4.69) is 11.9 Å². The fraction of sp³-hybridized carbons (Fsp3) is 0.500. The van der Waals surface area contributed by atoms with Gasteiger partial charge in [0.1, 0.15) is 11.6 Å². The van der Waals surface area contributed by atoms with Gasteiger partial charge >= 0.3 is 0 Å². The lowest BCUT2D eigenvalue weighted by Crippen LogP contribution is -2.28. The third kappa shape index (κ3) is 2.88. The third-order valence-corrected chi connectivity index (χ3v) is 1.94. The molecule has 1 rings (SSSR count). The zero-order chi connectivity index (χ0) is 10.4. The summed E-state index contributed by atoms with van der Waals surface area (Å²) in [6.07, 6.45) is 1.02. The first-order valence-corrected chi connectivity index (χ1v) is 4.86. The van der Waals surface area contributed by atoms with Crippen molar-refractivity contribution in [3.63, 3.8) is 0 Å². The smallest absolute Gasteiger partial charge is 0.131 e. The third-order valence-electron chi connectivity index (χ3n) is 1.94. The molecule has 4 nitrogen and oxygen atoms in total. The molecule has 78 valence electrons. The summed E-state index contributed by atoms with van der Waals surface area (Å²) in [5, 5.41) is 8.89. The van der Waals surface area contributed by atoms with E-state index < -0.39 is 0 Å². The molecule has 1 aromatic heterocycles. The van der Waals surface area contributed by atoms with E-state index in [1.807, 2.05) is 17.0 Å². The van der Waals surface area contributed by atoms with E-state index in [0.717, 1.165) is 18.8 Å². The molecule has 0 aromatic carbocycles. The van der Waals surface area contributed by atoms with Crippen LogP contribution < -0.4 is 10.6 Å². The minimum absolute atomic E-state index is 0.135. The Morgan fingerprint density at radius 2 is 2.21 bits per heavy atom. The highest BCUT2D eigenvalue weighted by atomic mass is 16.3. The number of nitrogens with two attached hydrogens (primary N) is 1. The molecular formula is C10H17N3O. The minimum Gasteiger partial charge on any atom is -0.395 e. The Bertz CT molecular complexity index is 272. The van der Waals surface area contributed by atoms with Crippen LogP contribution in [0.5, 0.6) is 0 Å². The van der Waals surface area contributed by atoms with E-state index in [1.165, 1.54) is 0 Å². The monoisotopic (exact) mass is 195 g/mol. The summed E-state index contributed by atoms with van der Waals surface area (Å²) in [5.41, 5.74) is 5.59. The molecule has 0 bridgehead atoms. The first-order chi connectivity index (χ1) is 6.77. The quantitative estimate of drug-likeness (QED) is 0.732. The topological polar surface area (TPSA) is 62.4 Å². The molecule has 0 aliphatic rings. The maximum Gasteiger partial charge on any atom is 0.131 e. The van der Waals surface area contributed by atoms with Crippen LogP contribution in [0.4, 0.5) is 11.6 Å². The van der Waals surface area contributed by atoms with E-state index in [1.54, 1.807) is 6.07 Å². The van der Waals surface area contributed by atoms with E-state index in [9.17, 15) is 0 Å². The number of pyridine rings is 1. The van der Waals surface area contributed by atoms with Gasteiger partial charge in [0.2, 0.25) is 0 Å². The molecule has 14 heavy (non-hydrogen) atoms. The summed E-state index contributed by atoms with van der Waals surface area (Å²) in [6.45, 7) is 3.72. The lowest BCUT2D eigenvalue weighted by molar-refractivity contribution is 0.301. The van der Waals surface area contributed by atoms with Crippen molar-refractivity contribution in [1.29, 1.82) is 0 Å². The molecule has 0 fully saturated rings. The summed E-state index contributed by atoms with van der Waals surface area (Å²) in [5.74, 6) is 1.35. The summed E-state index contributed by atoms with van der Waals surface area (Å²) < 4.78 is 0. The molecule has 0 saturated heterocycles. The van der Waals surface area contributed by atoms with Gasteiger partial charge in [-0.25, -0.2) is 4.98 Å². The Morgan fingerprint density at radius 1 is 1.43 bits per heavy atom. The Morgan fingerprint density at radius 3 is 2.79 bits per heavy atom. The number of aromatic nitrogens is 1. The number of nitrogens with zero attached hydrogens (tertiary/aromatic N) is 2. The van der Waals surface area contributed by atoms with Crippen LogP contribution in [0.3, 0.4) is 0 Å². The highest BCUT2D eigenvalue weighted by Gasteiger charge is 2.05. The molecule has 0 aliphatic heterocycles. The predicted octanol–water partition coefficient (Wildman–Crippen LogP) is 0.873. The van der Waals surface area contributed by atoms with Gasteiger partial charge in [-0.1, -0.05) is 13.0 Å². The number of aliphatic hydroxyl groups is 1. The number of hydrogen-bond donors (Lipinski definition) is 2. The Kier molecular flexibility index (Phi) is 4.19. The van der Waals surface area contributed by atoms with Crippen LogP contribution in [0.25, 0.3) is 0 Å². The molecule has 0 unspecified atom stereocenters. The molecule has 0 radical (unpaired) electrons. The van der Waals surface area contributed by atoms with Gasteiger partial charge in [-0.15, -0.1) is 0 Å². The molecule has 0 aliphatic carbocycles. The molecule has 0 saturated carbocycles. The summed E-state index contributed by atoms with van der Waals surface area (Å²) in [6, 6.07) is 5.53. The molecule has 1 aromatic rings. The van der Waals surface area contributed by atoms with E-state index in [4.69, 9.17) is 10.8 Å². The van der Waals surface area contributed by atoms with Crippen molar-refractivity contribution in [3.8, 4) is 0 Å². The second-order valence-corrected chi connectivity index (χ2v) is 3.13. The van der Waals surface area contributed by atoms with Crippen molar-refractivity contribution >= 4 is 11.6 Å². The standard InChI is InChI=1S/C10H17N3O/c1-2-6-13(7-8-14)10-5-3-4-9(11)12-10/h3-5,14H,2,6-8H2,1H3,(H2,11,12). The molecule has 1 heterocycles. The predicted molar refractivity (Wildman–Crippen MR) is 58.2 cm³/mol. The molecule has 0 amide bonds. The van der Waals surface area contributed by atoms with Gasteiger partial charge in [-0.05, 0) is 18.6 Å². The Balaban J connectivity index is 2.75. The van der Waals surface area contributed by atoms with Gasteiger partial charge in [-0.2, -0.15) is 0 Å². The second kappa shape index (κ2) is 5.44. The minimum atomic E-state index is 0.135. The summed E-state index contributed by atoms with van der Waals surface area (Å²) in [7, 11) is 0. The van der Waals surface area contributed by atoms with Crippen molar-refractivity contribution in [2.75, 3.05) is 30.3 Å². The maximum absolute atomic E-state index is 8.89. The number of nitrogen functional groups attached to an aromatic ring is 1. The summed E-state index contributed by atoms with van der Waals surface area (Å²) >= 11 is 0. The van der Waals surface area contributed by atoms with Gasteiger partial charge in [0.05, 0.1) is 6.61 Å². The molecule has 3 N–H and O–H groups in total. The fourth-order valence-electron chi connectivity index (χ4n) is 1.35. The Labute approximate surface area is 84.4 Å². The first kappa shape index (κ1) is 10.8. The van der Waals surface area contributed by atoms with Gasteiger partial charge in [0.15, 0.2) is 0 Å². The molecular weight excluding hydrogens is 178 g/mol. The van der Waals surface area contributed by atoms with Crippen LogP contribution in [-0.2, 0) is 0 Å². The van der Waals surface area contributed by atoms with E-state index >= 15 is 0 Å². The molecule has 0 spiro atoms. The first-order valence-electron chi connectivity index (χ1n) is 4.86. The van der Waals surface area contributed by atoms with Crippen LogP contribution in [0, 0.1) is 0 Å². The van der Waals surface area contributed by atoms with Crippen molar-refractivity contribution in [1.82, 2.24) is 4.98 Å². The number of rotatable bonds is 5. The van der Waals surface area contributed by atoms with Crippen molar-refractivity contribution in [2.24, 2.45) is 0 Å². The van der Waals surface area contributed by atoms with Gasteiger partial charge in [0, 0.05) is 13.1 Å². The Hall–Kier alpha value is -1.29. The van der Waals surface area contributed by atoms with E-state index in [-0.39, 0.29) is 6.61 Å². The van der Waals surface area contributed by atoms with Crippen LogP contribution in [0.2, 0.25) is 0 Å². The zero-order valence-corrected chi connectivity index (χ0v) is 8.48. The van der Waals surface area contributed by atoms with Gasteiger partial charge < -0.3 is 15.7 Å². The SMILES string of the molecule is CCCN(CCO)c1cccc(N)n1. The number of aliphatic hydroxyl groups excluding tert-OH is 1. The lowest BCUT2D eigenvalue weighted by Gasteiger charge is -2.22. The number of hydrogen-bond acceptors (Lipinski definition) is 4. The fourth-order valence-corrected chi connectivity index (χ4v) is 1.35. The van der Waals surface area contributed by atoms with Crippen LogP contribution in [0.15, 0.2) is 18.2 Å². The van der Waals surface area contributed by atoms with Gasteiger partial charge in [-0.3, -0.25) is 0 Å². The van der Waals surface area contributed by atoms with Crippen LogP contribution in [0.1, 0.15) is 13.3 Å². The van der Waals surface area contributed by atoms with Crippen molar-refractivity contribution < 1.29 is 5.11 Å². The highest BCUT2D eigenvalue weighted by molar-refractivity contribution is 5.44. The van der Waals surface area contributed by atoms with Crippen molar-refractivity contribution in [2.45, 2.75) is 13.3 Å². The molecule has 0 atom stereocenters. The van der Waals surface area contributed by atoms with Crippen molar-refractivity contribution in [3.05, 3.63) is 18.2 Å². The lowest BCUT2D eigenvalue weighted by atomic mass is 10.3. The highest BCUT2D eigenvalue weighted by Crippen LogP contribution is 2.12. The largest absolute Gasteiger partial charge is 0.395 e. The average Bonchev–Trinajstić information content (AvgIpc) is 2.17.